The standard InChI is InChI=1S/C13H19ClN2S/c14-11-5-13(17-9-11)7-15-6-10-3-4-16(8-10)12-1-2-12/h5,9-10,12,15H,1-4,6-8H2. The summed E-state index contributed by atoms with van der Waals surface area (Å²) in [5.41, 5.74) is 0. The average molecular weight is 271 g/mol. The van der Waals surface area contributed by atoms with Gasteiger partial charge in [0.1, 0.15) is 0 Å². The Hall–Kier alpha value is -0.0900. The highest BCUT2D eigenvalue weighted by Gasteiger charge is 2.33. The van der Waals surface area contributed by atoms with Crippen LogP contribution in [0.1, 0.15) is 24.1 Å². The van der Waals surface area contributed by atoms with Crippen molar-refractivity contribution in [1.29, 1.82) is 0 Å². The number of halogens is 1. The second-order valence-corrected chi connectivity index (χ2v) is 6.68. The van der Waals surface area contributed by atoms with E-state index < -0.39 is 0 Å². The van der Waals surface area contributed by atoms with Crippen LogP contribution in [0.25, 0.3) is 0 Å². The summed E-state index contributed by atoms with van der Waals surface area (Å²) in [4.78, 5) is 4.01. The van der Waals surface area contributed by atoms with E-state index in [2.05, 4.69) is 16.3 Å². The van der Waals surface area contributed by atoms with Gasteiger partial charge in [-0.15, -0.1) is 11.3 Å². The van der Waals surface area contributed by atoms with Gasteiger partial charge in [0, 0.05) is 29.4 Å². The van der Waals surface area contributed by atoms with E-state index in [0.29, 0.717) is 0 Å². The van der Waals surface area contributed by atoms with Crippen LogP contribution in [0.2, 0.25) is 5.02 Å². The highest BCUT2D eigenvalue weighted by atomic mass is 35.5. The predicted molar refractivity (Wildman–Crippen MR) is 73.7 cm³/mol. The van der Waals surface area contributed by atoms with Crippen molar-refractivity contribution in [2.45, 2.75) is 31.8 Å². The minimum atomic E-state index is 0.853. The molecule has 1 aliphatic carbocycles. The van der Waals surface area contributed by atoms with Gasteiger partial charge in [0.25, 0.3) is 0 Å². The van der Waals surface area contributed by atoms with Crippen molar-refractivity contribution >= 4 is 22.9 Å². The van der Waals surface area contributed by atoms with Gasteiger partial charge in [-0.3, -0.25) is 0 Å². The van der Waals surface area contributed by atoms with Gasteiger partial charge in [-0.2, -0.15) is 0 Å². The van der Waals surface area contributed by atoms with Crippen LogP contribution in [0.3, 0.4) is 0 Å². The summed E-state index contributed by atoms with van der Waals surface area (Å²) in [6, 6.07) is 3.00. The van der Waals surface area contributed by atoms with Crippen LogP contribution in [0, 0.1) is 5.92 Å². The molecule has 0 radical (unpaired) electrons. The molecule has 2 fully saturated rings. The molecule has 1 unspecified atom stereocenters. The Morgan fingerprint density at radius 2 is 2.29 bits per heavy atom. The van der Waals surface area contributed by atoms with E-state index in [0.717, 1.165) is 30.1 Å². The number of rotatable bonds is 5. The third-order valence-electron chi connectivity index (χ3n) is 3.73. The zero-order valence-electron chi connectivity index (χ0n) is 9.99. The molecule has 1 N–H and O–H groups in total. The Balaban J connectivity index is 1.37. The maximum absolute atomic E-state index is 5.90. The van der Waals surface area contributed by atoms with Crippen molar-refractivity contribution in [3.8, 4) is 0 Å². The van der Waals surface area contributed by atoms with E-state index in [9.17, 15) is 0 Å². The molecule has 2 heterocycles. The SMILES string of the molecule is Clc1csc(CNCC2CCN(C3CC3)C2)c1. The maximum Gasteiger partial charge on any atom is 0.0516 e. The summed E-state index contributed by atoms with van der Waals surface area (Å²) in [5, 5.41) is 6.43. The van der Waals surface area contributed by atoms with Crippen LogP contribution in [0.4, 0.5) is 0 Å². The summed E-state index contributed by atoms with van der Waals surface area (Å²) in [6.07, 6.45) is 4.25. The molecule has 2 nitrogen and oxygen atoms in total. The summed E-state index contributed by atoms with van der Waals surface area (Å²) in [7, 11) is 0. The molecule has 1 atom stereocenters. The summed E-state index contributed by atoms with van der Waals surface area (Å²) >= 11 is 7.65. The van der Waals surface area contributed by atoms with Crippen LogP contribution >= 0.6 is 22.9 Å². The Morgan fingerprint density at radius 1 is 1.41 bits per heavy atom. The number of hydrogen-bond donors (Lipinski definition) is 1. The molecule has 1 aromatic rings. The van der Waals surface area contributed by atoms with Gasteiger partial charge in [0.05, 0.1) is 5.02 Å². The largest absolute Gasteiger partial charge is 0.312 e. The van der Waals surface area contributed by atoms with E-state index in [1.165, 1.54) is 37.2 Å². The first-order valence-corrected chi connectivity index (χ1v) is 7.75. The van der Waals surface area contributed by atoms with E-state index in [-0.39, 0.29) is 0 Å². The molecule has 0 spiro atoms. The van der Waals surface area contributed by atoms with Crippen LogP contribution in [-0.2, 0) is 6.54 Å². The van der Waals surface area contributed by atoms with Crippen molar-refractivity contribution in [2.24, 2.45) is 5.92 Å². The Labute approximate surface area is 112 Å². The maximum atomic E-state index is 5.90. The zero-order valence-corrected chi connectivity index (χ0v) is 11.6. The first-order chi connectivity index (χ1) is 8.31. The third-order valence-corrected chi connectivity index (χ3v) is 5.02. The monoisotopic (exact) mass is 270 g/mol. The minimum Gasteiger partial charge on any atom is -0.312 e. The first-order valence-electron chi connectivity index (χ1n) is 6.49. The highest BCUT2D eigenvalue weighted by Crippen LogP contribution is 2.31. The van der Waals surface area contributed by atoms with Crippen molar-refractivity contribution in [2.75, 3.05) is 19.6 Å². The smallest absolute Gasteiger partial charge is 0.0516 e. The molecule has 17 heavy (non-hydrogen) atoms. The fourth-order valence-corrected chi connectivity index (χ4v) is 3.69. The number of nitrogens with zero attached hydrogens (tertiary/aromatic N) is 1. The summed E-state index contributed by atoms with van der Waals surface area (Å²) in [6.45, 7) is 4.75. The average Bonchev–Trinajstić information content (AvgIpc) is 2.93. The molecule has 1 saturated heterocycles. The van der Waals surface area contributed by atoms with Gasteiger partial charge in [0.15, 0.2) is 0 Å². The molecular weight excluding hydrogens is 252 g/mol. The second-order valence-electron chi connectivity index (χ2n) is 5.24. The lowest BCUT2D eigenvalue weighted by atomic mass is 10.1. The normalized spacial score (nSPS) is 25.6. The van der Waals surface area contributed by atoms with Gasteiger partial charge >= 0.3 is 0 Å². The topological polar surface area (TPSA) is 15.3 Å². The van der Waals surface area contributed by atoms with Gasteiger partial charge in [-0.25, -0.2) is 0 Å². The molecular formula is C13H19ClN2S. The molecule has 94 valence electrons. The number of hydrogen-bond acceptors (Lipinski definition) is 3. The van der Waals surface area contributed by atoms with Gasteiger partial charge < -0.3 is 10.2 Å². The minimum absolute atomic E-state index is 0.853. The number of likely N-dealkylation sites (tertiary alicyclic amines) is 1. The second kappa shape index (κ2) is 5.27. The van der Waals surface area contributed by atoms with Crippen molar-refractivity contribution in [1.82, 2.24) is 10.2 Å². The summed E-state index contributed by atoms with van der Waals surface area (Å²) in [5.74, 6) is 0.853. The van der Waals surface area contributed by atoms with Gasteiger partial charge in [0.2, 0.25) is 0 Å². The van der Waals surface area contributed by atoms with Crippen LogP contribution in [0.5, 0.6) is 0 Å². The Bertz CT molecular complexity index is 375. The summed E-state index contributed by atoms with van der Waals surface area (Å²) < 4.78 is 0. The van der Waals surface area contributed by atoms with Gasteiger partial charge in [-0.1, -0.05) is 11.6 Å². The molecule has 0 amide bonds. The fourth-order valence-electron chi connectivity index (χ4n) is 2.65. The first kappa shape index (κ1) is 12.0. The molecule has 4 heteroatoms. The predicted octanol–water partition coefficient (Wildman–Crippen LogP) is 2.98. The Kier molecular flexibility index (Phi) is 3.71. The molecule has 1 saturated carbocycles. The Morgan fingerprint density at radius 3 is 3.00 bits per heavy atom. The molecule has 1 aliphatic heterocycles. The lowest BCUT2D eigenvalue weighted by Gasteiger charge is -2.14. The molecule has 0 aromatic carbocycles. The number of nitrogens with one attached hydrogen (secondary N) is 1. The van der Waals surface area contributed by atoms with E-state index in [1.54, 1.807) is 11.3 Å². The van der Waals surface area contributed by atoms with E-state index >= 15 is 0 Å². The fraction of sp³-hybridized carbons (Fsp3) is 0.692. The molecule has 3 rings (SSSR count). The van der Waals surface area contributed by atoms with Crippen LogP contribution in [0.15, 0.2) is 11.4 Å². The van der Waals surface area contributed by atoms with Crippen molar-refractivity contribution < 1.29 is 0 Å². The lowest BCUT2D eigenvalue weighted by Crippen LogP contribution is -2.27. The lowest BCUT2D eigenvalue weighted by molar-refractivity contribution is 0.312. The molecule has 0 bridgehead atoms. The van der Waals surface area contributed by atoms with Crippen molar-refractivity contribution in [3.05, 3.63) is 21.3 Å². The zero-order chi connectivity index (χ0) is 11.7. The van der Waals surface area contributed by atoms with E-state index in [1.807, 2.05) is 5.38 Å². The van der Waals surface area contributed by atoms with Gasteiger partial charge in [-0.05, 0) is 44.3 Å². The number of thiophene rings is 1. The molecule has 1 aromatic heterocycles. The van der Waals surface area contributed by atoms with Crippen molar-refractivity contribution in [3.63, 3.8) is 0 Å². The van der Waals surface area contributed by atoms with E-state index in [4.69, 9.17) is 11.6 Å². The quantitative estimate of drug-likeness (QED) is 0.885. The van der Waals surface area contributed by atoms with Crippen LogP contribution in [-0.4, -0.2) is 30.6 Å². The molecule has 2 aliphatic rings. The highest BCUT2D eigenvalue weighted by molar-refractivity contribution is 7.10. The van der Waals surface area contributed by atoms with Crippen LogP contribution < -0.4 is 5.32 Å². The third kappa shape index (κ3) is 3.22.